The first-order valence-corrected chi connectivity index (χ1v) is 11.9. The Morgan fingerprint density at radius 1 is 1.18 bits per heavy atom. The number of para-hydroxylation sites is 1. The predicted octanol–water partition coefficient (Wildman–Crippen LogP) is 5.40. The minimum absolute atomic E-state index is 0.292. The van der Waals surface area contributed by atoms with Crippen molar-refractivity contribution >= 4 is 23.0 Å². The van der Waals surface area contributed by atoms with Gasteiger partial charge in [-0.1, -0.05) is 36.4 Å². The molecule has 5 nitrogen and oxygen atoms in total. The Balaban J connectivity index is 1.32. The number of amides is 1. The molecule has 33 heavy (non-hydrogen) atoms. The second-order valence-corrected chi connectivity index (χ2v) is 9.85. The fraction of sp³-hybridized carbons (Fsp3) is 0.393. The molecule has 171 valence electrons. The monoisotopic (exact) mass is 441 g/mol. The van der Waals surface area contributed by atoms with Gasteiger partial charge in [-0.2, -0.15) is 0 Å². The molecule has 1 aromatic carbocycles. The molecule has 0 atom stereocenters. The molecule has 2 saturated heterocycles. The number of likely N-dealkylation sites (tertiary alicyclic amines) is 2. The number of nitrogens with zero attached hydrogens (tertiary/aromatic N) is 3. The van der Waals surface area contributed by atoms with E-state index in [1.54, 1.807) is 0 Å². The number of nitrogens with one attached hydrogen (secondary N) is 1. The summed E-state index contributed by atoms with van der Waals surface area (Å²) in [6, 6.07) is 8.32. The summed E-state index contributed by atoms with van der Waals surface area (Å²) in [6.45, 7) is 13.5. The van der Waals surface area contributed by atoms with Crippen molar-refractivity contribution in [1.82, 2.24) is 14.8 Å². The average Bonchev–Trinajstić information content (AvgIpc) is 3.52. The second kappa shape index (κ2) is 8.36. The van der Waals surface area contributed by atoms with E-state index in [9.17, 15) is 4.79 Å². The SMILES string of the molecule is C=C(/N=C\C(C)=C(C)C)N1CCC2(CC1)C(=O)N(Cc1c[nH]c3ccccc13)CC[C]1C=C12. The van der Waals surface area contributed by atoms with Crippen LogP contribution in [-0.2, 0) is 11.3 Å². The van der Waals surface area contributed by atoms with Gasteiger partial charge in [0.2, 0.25) is 5.91 Å². The molecule has 1 N–H and O–H groups in total. The Kier molecular flexibility index (Phi) is 5.51. The van der Waals surface area contributed by atoms with Crippen LogP contribution in [-0.4, -0.2) is 46.5 Å². The van der Waals surface area contributed by atoms with E-state index in [0.29, 0.717) is 12.5 Å². The first-order valence-electron chi connectivity index (χ1n) is 11.9. The van der Waals surface area contributed by atoms with Gasteiger partial charge in [0.15, 0.2) is 0 Å². The van der Waals surface area contributed by atoms with Crippen LogP contribution in [0.3, 0.4) is 0 Å². The summed E-state index contributed by atoms with van der Waals surface area (Å²) in [5.74, 6) is 2.48. The standard InChI is InChI=1S/C28H33N4O/c1-19(2)20(3)16-29-21(4)31-13-10-28(11-14-31)25-15-22(25)9-12-32(27(28)33)18-23-17-30-26-8-6-5-7-24(23)26/h5-8,15-17,30H,4,9-14,18H2,1-3H3/b29-16-. The number of hydrogen-bond donors (Lipinski definition) is 1. The third kappa shape index (κ3) is 3.94. The minimum Gasteiger partial charge on any atom is -0.361 e. The highest BCUT2D eigenvalue weighted by Crippen LogP contribution is 2.55. The second-order valence-electron chi connectivity index (χ2n) is 9.85. The van der Waals surface area contributed by atoms with Gasteiger partial charge in [0.05, 0.1) is 5.41 Å². The summed E-state index contributed by atoms with van der Waals surface area (Å²) in [5.41, 5.74) is 5.67. The highest BCUT2D eigenvalue weighted by Gasteiger charge is 2.54. The molecule has 1 aromatic heterocycles. The van der Waals surface area contributed by atoms with E-state index < -0.39 is 0 Å². The Labute approximate surface area is 196 Å². The first kappa shape index (κ1) is 21.7. The van der Waals surface area contributed by atoms with Gasteiger partial charge in [-0.15, -0.1) is 0 Å². The van der Waals surface area contributed by atoms with Crippen LogP contribution in [0.1, 0.15) is 45.6 Å². The summed E-state index contributed by atoms with van der Waals surface area (Å²) in [6.07, 6.45) is 8.83. The molecular weight excluding hydrogens is 408 g/mol. The number of rotatable bonds is 5. The lowest BCUT2D eigenvalue weighted by Gasteiger charge is -2.42. The van der Waals surface area contributed by atoms with Crippen LogP contribution < -0.4 is 0 Å². The van der Waals surface area contributed by atoms with Crippen LogP contribution in [0.25, 0.3) is 10.9 Å². The molecule has 2 fully saturated rings. The normalized spacial score (nSPS) is 20.2. The molecule has 3 heterocycles. The van der Waals surface area contributed by atoms with Crippen LogP contribution in [0.4, 0.5) is 0 Å². The Morgan fingerprint density at radius 3 is 2.70 bits per heavy atom. The average molecular weight is 442 g/mol. The van der Waals surface area contributed by atoms with Gasteiger partial charge in [0.25, 0.3) is 0 Å². The van der Waals surface area contributed by atoms with Crippen LogP contribution in [0.15, 0.2) is 70.6 Å². The van der Waals surface area contributed by atoms with Crippen molar-refractivity contribution in [2.24, 2.45) is 10.4 Å². The molecular formula is C28H33N4O. The molecule has 1 spiro atoms. The van der Waals surface area contributed by atoms with Crippen LogP contribution in [0, 0.1) is 11.3 Å². The summed E-state index contributed by atoms with van der Waals surface area (Å²) in [4.78, 5) is 26.2. The lowest BCUT2D eigenvalue weighted by atomic mass is 9.74. The number of fused-ring (bicyclic) bond motifs is 3. The molecule has 1 radical (unpaired) electrons. The van der Waals surface area contributed by atoms with Crippen molar-refractivity contribution in [2.45, 2.75) is 46.6 Å². The molecule has 2 aliphatic heterocycles. The number of benzene rings is 1. The smallest absolute Gasteiger partial charge is 0.233 e. The van der Waals surface area contributed by atoms with Crippen molar-refractivity contribution < 1.29 is 4.79 Å². The molecule has 5 rings (SSSR count). The number of hydrogen-bond acceptors (Lipinski definition) is 3. The fourth-order valence-electron chi connectivity index (χ4n) is 5.20. The summed E-state index contributed by atoms with van der Waals surface area (Å²) in [5, 5.41) is 1.20. The number of allylic oxidation sites excluding steroid dienone is 3. The number of aromatic nitrogens is 1. The molecule has 0 bridgehead atoms. The quantitative estimate of drug-likeness (QED) is 0.632. The fourth-order valence-corrected chi connectivity index (χ4v) is 5.20. The van der Waals surface area contributed by atoms with Crippen molar-refractivity contribution in [3.05, 3.63) is 77.1 Å². The minimum atomic E-state index is -0.381. The lowest BCUT2D eigenvalue weighted by Crippen LogP contribution is -2.49. The number of carbonyl (C=O) groups is 1. The van der Waals surface area contributed by atoms with Crippen molar-refractivity contribution in [1.29, 1.82) is 0 Å². The maximum Gasteiger partial charge on any atom is 0.233 e. The number of carbonyl (C=O) groups excluding carboxylic acids is 1. The number of aliphatic imine (C=N–C) groups is 1. The Hall–Kier alpha value is -3.08. The summed E-state index contributed by atoms with van der Waals surface area (Å²) >= 11 is 0. The molecule has 2 aromatic rings. The molecule has 1 aliphatic carbocycles. The lowest BCUT2D eigenvalue weighted by molar-refractivity contribution is -0.142. The van der Waals surface area contributed by atoms with Crippen LogP contribution in [0.2, 0.25) is 0 Å². The van der Waals surface area contributed by atoms with Gasteiger partial charge in [0.1, 0.15) is 5.82 Å². The van der Waals surface area contributed by atoms with Crippen molar-refractivity contribution in [3.8, 4) is 0 Å². The van der Waals surface area contributed by atoms with Gasteiger partial charge < -0.3 is 14.8 Å². The molecule has 0 saturated carbocycles. The van der Waals surface area contributed by atoms with E-state index in [-0.39, 0.29) is 5.41 Å². The maximum absolute atomic E-state index is 14.0. The van der Waals surface area contributed by atoms with E-state index in [1.165, 1.54) is 33.6 Å². The predicted molar refractivity (Wildman–Crippen MR) is 135 cm³/mol. The van der Waals surface area contributed by atoms with Gasteiger partial charge in [-0.25, -0.2) is 4.99 Å². The first-order chi connectivity index (χ1) is 15.9. The van der Waals surface area contributed by atoms with E-state index in [2.05, 4.69) is 77.6 Å². The topological polar surface area (TPSA) is 51.7 Å². The van der Waals surface area contributed by atoms with Crippen molar-refractivity contribution in [3.63, 3.8) is 0 Å². The zero-order chi connectivity index (χ0) is 23.2. The van der Waals surface area contributed by atoms with Gasteiger partial charge in [-0.05, 0) is 62.8 Å². The van der Waals surface area contributed by atoms with E-state index in [0.717, 1.165) is 50.2 Å². The van der Waals surface area contributed by atoms with Gasteiger partial charge in [-0.3, -0.25) is 4.79 Å². The largest absolute Gasteiger partial charge is 0.361 e. The van der Waals surface area contributed by atoms with E-state index >= 15 is 0 Å². The number of piperidine rings is 1. The van der Waals surface area contributed by atoms with Crippen LogP contribution >= 0.6 is 0 Å². The third-order valence-electron chi connectivity index (χ3n) is 7.66. The summed E-state index contributed by atoms with van der Waals surface area (Å²) < 4.78 is 0. The highest BCUT2D eigenvalue weighted by molar-refractivity contribution is 5.91. The zero-order valence-electron chi connectivity index (χ0n) is 19.9. The molecule has 3 aliphatic rings. The molecule has 0 unspecified atom stereocenters. The van der Waals surface area contributed by atoms with Crippen LogP contribution in [0.5, 0.6) is 0 Å². The zero-order valence-corrected chi connectivity index (χ0v) is 19.9. The third-order valence-corrected chi connectivity index (χ3v) is 7.66. The Morgan fingerprint density at radius 2 is 1.94 bits per heavy atom. The summed E-state index contributed by atoms with van der Waals surface area (Å²) in [7, 11) is 0. The number of aromatic amines is 1. The number of H-pyrrole nitrogens is 1. The molecule has 1 amide bonds. The van der Waals surface area contributed by atoms with Gasteiger partial charge >= 0.3 is 0 Å². The molecule has 5 heteroatoms. The van der Waals surface area contributed by atoms with E-state index in [4.69, 9.17) is 0 Å². The Bertz CT molecular complexity index is 1190. The highest BCUT2D eigenvalue weighted by atomic mass is 16.2. The van der Waals surface area contributed by atoms with E-state index in [1.807, 2.05) is 12.3 Å². The maximum atomic E-state index is 14.0. The van der Waals surface area contributed by atoms with Crippen molar-refractivity contribution in [2.75, 3.05) is 19.6 Å². The van der Waals surface area contributed by atoms with Gasteiger partial charge in [0, 0.05) is 55.4 Å².